The zero-order chi connectivity index (χ0) is 15.0. The predicted molar refractivity (Wildman–Crippen MR) is 82.9 cm³/mol. The van der Waals surface area contributed by atoms with Crippen LogP contribution in [0.5, 0.6) is 0 Å². The van der Waals surface area contributed by atoms with Crippen molar-refractivity contribution in [2.45, 2.75) is 13.0 Å². The van der Waals surface area contributed by atoms with E-state index in [4.69, 9.17) is 0 Å². The van der Waals surface area contributed by atoms with E-state index in [1.807, 2.05) is 55.3 Å². The summed E-state index contributed by atoms with van der Waals surface area (Å²) >= 11 is 0. The number of ketones is 2. The van der Waals surface area contributed by atoms with Crippen LogP contribution in [0.3, 0.4) is 0 Å². The molecule has 0 saturated heterocycles. The van der Waals surface area contributed by atoms with Crippen molar-refractivity contribution in [1.82, 2.24) is 0 Å². The monoisotopic (exact) mass is 279 g/mol. The smallest absolute Gasteiger partial charge is 0.177 e. The lowest BCUT2D eigenvalue weighted by atomic mass is 9.80. The van der Waals surface area contributed by atoms with Gasteiger partial charge in [-0.25, -0.2) is 0 Å². The number of anilines is 1. The Morgan fingerprint density at radius 2 is 1.62 bits per heavy atom. The standard InChI is InChI=1S/C18H17NO2/c1-12-16(17(20)13-8-4-3-5-9-13)18(21)14-10-6-7-11-15(14)19(12)2/h3-12,16H,1-2H3/t12-,16+/m1/s1. The summed E-state index contributed by atoms with van der Waals surface area (Å²) in [6.45, 7) is 1.93. The minimum Gasteiger partial charge on any atom is -0.370 e. The minimum absolute atomic E-state index is 0.0787. The maximum absolute atomic E-state index is 12.7. The molecule has 0 fully saturated rings. The lowest BCUT2D eigenvalue weighted by Gasteiger charge is -2.38. The Labute approximate surface area is 124 Å². The maximum Gasteiger partial charge on any atom is 0.177 e. The second kappa shape index (κ2) is 5.17. The summed E-state index contributed by atoms with van der Waals surface area (Å²) < 4.78 is 0. The first-order valence-corrected chi connectivity index (χ1v) is 7.06. The molecule has 3 rings (SSSR count). The van der Waals surface area contributed by atoms with E-state index in [0.29, 0.717) is 11.1 Å². The van der Waals surface area contributed by atoms with Crippen LogP contribution in [-0.4, -0.2) is 24.7 Å². The van der Waals surface area contributed by atoms with Crippen molar-refractivity contribution in [3.8, 4) is 0 Å². The molecule has 3 nitrogen and oxygen atoms in total. The predicted octanol–water partition coefficient (Wildman–Crippen LogP) is 3.21. The lowest BCUT2D eigenvalue weighted by molar-refractivity contribution is 0.0780. The van der Waals surface area contributed by atoms with Gasteiger partial charge in [-0.1, -0.05) is 42.5 Å². The normalized spacial score (nSPS) is 21.0. The molecule has 21 heavy (non-hydrogen) atoms. The molecule has 0 bridgehead atoms. The number of rotatable bonds is 2. The van der Waals surface area contributed by atoms with E-state index >= 15 is 0 Å². The van der Waals surface area contributed by atoms with E-state index in [1.165, 1.54) is 0 Å². The van der Waals surface area contributed by atoms with Crippen molar-refractivity contribution >= 4 is 17.3 Å². The van der Waals surface area contributed by atoms with Crippen molar-refractivity contribution in [1.29, 1.82) is 0 Å². The highest BCUT2D eigenvalue weighted by atomic mass is 16.2. The van der Waals surface area contributed by atoms with E-state index in [0.717, 1.165) is 5.69 Å². The van der Waals surface area contributed by atoms with Gasteiger partial charge in [-0.05, 0) is 19.1 Å². The molecular formula is C18H17NO2. The number of Topliss-reactive ketones (excluding diaryl/α,β-unsaturated/α-hetero) is 2. The summed E-state index contributed by atoms with van der Waals surface area (Å²) in [5.74, 6) is -0.827. The average molecular weight is 279 g/mol. The summed E-state index contributed by atoms with van der Waals surface area (Å²) in [4.78, 5) is 27.5. The van der Waals surface area contributed by atoms with Gasteiger partial charge in [-0.3, -0.25) is 9.59 Å². The quantitative estimate of drug-likeness (QED) is 0.626. The van der Waals surface area contributed by atoms with Crippen LogP contribution in [-0.2, 0) is 0 Å². The number of hydrogen-bond acceptors (Lipinski definition) is 3. The lowest BCUT2D eigenvalue weighted by Crippen LogP contribution is -2.48. The first-order chi connectivity index (χ1) is 10.1. The molecule has 0 aliphatic carbocycles. The SMILES string of the molecule is C[C@@H]1[C@@H](C(=O)c2ccccc2)C(=O)c2ccccc2N1C. The van der Waals surface area contributed by atoms with Crippen LogP contribution in [0.25, 0.3) is 0 Å². The van der Waals surface area contributed by atoms with Crippen molar-refractivity contribution < 1.29 is 9.59 Å². The van der Waals surface area contributed by atoms with Gasteiger partial charge < -0.3 is 4.90 Å². The fourth-order valence-electron chi connectivity index (χ4n) is 2.94. The van der Waals surface area contributed by atoms with Crippen molar-refractivity contribution in [3.63, 3.8) is 0 Å². The zero-order valence-electron chi connectivity index (χ0n) is 12.1. The highest BCUT2D eigenvalue weighted by Crippen LogP contribution is 2.34. The Kier molecular flexibility index (Phi) is 3.34. The fraction of sp³-hybridized carbons (Fsp3) is 0.222. The Morgan fingerprint density at radius 1 is 1.00 bits per heavy atom. The molecule has 0 N–H and O–H groups in total. The van der Waals surface area contributed by atoms with Crippen molar-refractivity contribution in [2.75, 3.05) is 11.9 Å². The van der Waals surface area contributed by atoms with Gasteiger partial charge >= 0.3 is 0 Å². The van der Waals surface area contributed by atoms with Crippen molar-refractivity contribution in [2.24, 2.45) is 5.92 Å². The zero-order valence-corrected chi connectivity index (χ0v) is 12.1. The number of fused-ring (bicyclic) bond motifs is 1. The molecule has 1 aliphatic heterocycles. The van der Waals surface area contributed by atoms with Gasteiger partial charge in [0.1, 0.15) is 5.92 Å². The van der Waals surface area contributed by atoms with Crippen LogP contribution in [0.15, 0.2) is 54.6 Å². The molecule has 106 valence electrons. The Morgan fingerprint density at radius 3 is 2.33 bits per heavy atom. The third-order valence-corrected chi connectivity index (χ3v) is 4.27. The first-order valence-electron chi connectivity index (χ1n) is 7.06. The van der Waals surface area contributed by atoms with Crippen LogP contribution in [0.2, 0.25) is 0 Å². The molecule has 0 radical (unpaired) electrons. The Balaban J connectivity index is 2.05. The molecule has 1 aliphatic rings. The van der Waals surface area contributed by atoms with Gasteiger partial charge in [-0.15, -0.1) is 0 Å². The van der Waals surface area contributed by atoms with Crippen LogP contribution >= 0.6 is 0 Å². The molecule has 3 heteroatoms. The van der Waals surface area contributed by atoms with Crippen LogP contribution in [0, 0.1) is 5.92 Å². The van der Waals surface area contributed by atoms with Crippen LogP contribution < -0.4 is 4.90 Å². The van der Waals surface area contributed by atoms with E-state index < -0.39 is 5.92 Å². The number of carbonyl (C=O) groups is 2. The molecule has 2 aromatic rings. The van der Waals surface area contributed by atoms with Crippen molar-refractivity contribution in [3.05, 3.63) is 65.7 Å². The summed E-state index contributed by atoms with van der Waals surface area (Å²) in [6, 6.07) is 16.4. The maximum atomic E-state index is 12.7. The van der Waals surface area contributed by atoms with Gasteiger partial charge in [0.15, 0.2) is 11.6 Å². The molecule has 0 saturated carbocycles. The van der Waals surface area contributed by atoms with Crippen LogP contribution in [0.4, 0.5) is 5.69 Å². The summed E-state index contributed by atoms with van der Waals surface area (Å²) in [6.07, 6.45) is 0. The second-order valence-corrected chi connectivity index (χ2v) is 5.44. The summed E-state index contributed by atoms with van der Waals surface area (Å²) in [7, 11) is 1.93. The van der Waals surface area contributed by atoms with Gasteiger partial charge in [0.25, 0.3) is 0 Å². The third kappa shape index (κ3) is 2.15. The van der Waals surface area contributed by atoms with Gasteiger partial charge in [0, 0.05) is 29.9 Å². The third-order valence-electron chi connectivity index (χ3n) is 4.27. The number of benzene rings is 2. The van der Waals surface area contributed by atoms with E-state index in [9.17, 15) is 9.59 Å². The second-order valence-electron chi connectivity index (χ2n) is 5.44. The largest absolute Gasteiger partial charge is 0.370 e. The highest BCUT2D eigenvalue weighted by molar-refractivity contribution is 6.19. The molecule has 0 spiro atoms. The number of carbonyl (C=O) groups excluding carboxylic acids is 2. The average Bonchev–Trinajstić information content (AvgIpc) is 2.53. The first kappa shape index (κ1) is 13.6. The summed E-state index contributed by atoms with van der Waals surface area (Å²) in [5.41, 5.74) is 2.12. The molecule has 2 aromatic carbocycles. The van der Waals surface area contributed by atoms with E-state index in [-0.39, 0.29) is 17.6 Å². The van der Waals surface area contributed by atoms with Gasteiger partial charge in [0.05, 0.1) is 0 Å². The molecule has 0 unspecified atom stereocenters. The molecule has 0 amide bonds. The topological polar surface area (TPSA) is 37.4 Å². The van der Waals surface area contributed by atoms with Gasteiger partial charge in [-0.2, -0.15) is 0 Å². The summed E-state index contributed by atoms with van der Waals surface area (Å²) in [5, 5.41) is 0. The fourth-order valence-corrected chi connectivity index (χ4v) is 2.94. The number of nitrogens with zero attached hydrogens (tertiary/aromatic N) is 1. The van der Waals surface area contributed by atoms with E-state index in [1.54, 1.807) is 18.2 Å². The highest BCUT2D eigenvalue weighted by Gasteiger charge is 2.40. The molecule has 0 aromatic heterocycles. The molecule has 1 heterocycles. The molecule has 2 atom stereocenters. The Hall–Kier alpha value is -2.42. The Bertz CT molecular complexity index is 693. The molecular weight excluding hydrogens is 262 g/mol. The van der Waals surface area contributed by atoms with E-state index in [2.05, 4.69) is 0 Å². The number of hydrogen-bond donors (Lipinski definition) is 0. The van der Waals surface area contributed by atoms with Crippen LogP contribution in [0.1, 0.15) is 27.6 Å². The minimum atomic E-state index is -0.646. The number of para-hydroxylation sites is 1. The van der Waals surface area contributed by atoms with Gasteiger partial charge in [0.2, 0.25) is 0 Å².